The third-order valence-electron chi connectivity index (χ3n) is 2.48. The lowest BCUT2D eigenvalue weighted by Gasteiger charge is -2.09. The maximum absolute atomic E-state index is 11.8. The van der Waals surface area contributed by atoms with E-state index in [0.29, 0.717) is 13.2 Å². The molecular weight excluding hydrogens is 287 g/mol. The van der Waals surface area contributed by atoms with Crippen molar-refractivity contribution in [2.45, 2.75) is 26.3 Å². The summed E-state index contributed by atoms with van der Waals surface area (Å²) < 4.78 is 45.0. The highest BCUT2D eigenvalue weighted by molar-refractivity contribution is 5.77. The fourth-order valence-corrected chi connectivity index (χ4v) is 1.48. The molecule has 0 aliphatic rings. The highest BCUT2D eigenvalue weighted by atomic mass is 19.4. The van der Waals surface area contributed by atoms with E-state index in [1.54, 1.807) is 0 Å². The number of carbonyl (C=O) groups excluding carboxylic acids is 1. The minimum Gasteiger partial charge on any atom is -0.377 e. The lowest BCUT2D eigenvalue weighted by Crippen LogP contribution is -2.29. The molecule has 0 saturated carbocycles. The largest absolute Gasteiger partial charge is 0.411 e. The standard InChI is InChI=1S/C14H18F3NO3/c1-2-20-8-12-5-3-11(4-6-12)7-18-13(19)9-21-10-14(15,16)17/h3-6H,2,7-10H2,1H3,(H,18,19). The number of ether oxygens (including phenoxy) is 2. The maximum atomic E-state index is 11.8. The summed E-state index contributed by atoms with van der Waals surface area (Å²) in [6.07, 6.45) is -4.42. The summed E-state index contributed by atoms with van der Waals surface area (Å²) in [7, 11) is 0. The van der Waals surface area contributed by atoms with Crippen LogP contribution in [0.3, 0.4) is 0 Å². The van der Waals surface area contributed by atoms with E-state index in [1.807, 2.05) is 31.2 Å². The van der Waals surface area contributed by atoms with Gasteiger partial charge in [0, 0.05) is 13.2 Å². The van der Waals surface area contributed by atoms with Crippen LogP contribution in [0.25, 0.3) is 0 Å². The van der Waals surface area contributed by atoms with Gasteiger partial charge in [-0.3, -0.25) is 4.79 Å². The van der Waals surface area contributed by atoms with Gasteiger partial charge in [-0.15, -0.1) is 0 Å². The van der Waals surface area contributed by atoms with E-state index in [-0.39, 0.29) is 6.54 Å². The Morgan fingerprint density at radius 2 is 1.76 bits per heavy atom. The second-order valence-corrected chi connectivity index (χ2v) is 4.34. The molecule has 0 spiro atoms. The predicted molar refractivity (Wildman–Crippen MR) is 70.5 cm³/mol. The summed E-state index contributed by atoms with van der Waals surface area (Å²) in [6, 6.07) is 7.39. The Morgan fingerprint density at radius 1 is 1.14 bits per heavy atom. The Morgan fingerprint density at radius 3 is 2.33 bits per heavy atom. The summed E-state index contributed by atoms with van der Waals surface area (Å²) in [4.78, 5) is 11.3. The molecule has 1 N–H and O–H groups in total. The van der Waals surface area contributed by atoms with Crippen molar-refractivity contribution in [3.8, 4) is 0 Å². The zero-order valence-corrected chi connectivity index (χ0v) is 11.7. The molecular formula is C14H18F3NO3. The van der Waals surface area contributed by atoms with Gasteiger partial charge in [-0.05, 0) is 18.1 Å². The topological polar surface area (TPSA) is 47.6 Å². The van der Waals surface area contributed by atoms with Crippen molar-refractivity contribution in [1.82, 2.24) is 5.32 Å². The predicted octanol–water partition coefficient (Wildman–Crippen LogP) is 2.42. The van der Waals surface area contributed by atoms with Gasteiger partial charge in [0.25, 0.3) is 0 Å². The Bertz CT molecular complexity index is 432. The molecule has 1 amide bonds. The third kappa shape index (κ3) is 8.31. The van der Waals surface area contributed by atoms with Crippen molar-refractivity contribution in [2.24, 2.45) is 0 Å². The number of rotatable bonds is 8. The highest BCUT2D eigenvalue weighted by Gasteiger charge is 2.27. The van der Waals surface area contributed by atoms with E-state index in [4.69, 9.17) is 4.74 Å². The highest BCUT2D eigenvalue weighted by Crippen LogP contribution is 2.14. The van der Waals surface area contributed by atoms with E-state index in [1.165, 1.54) is 0 Å². The molecule has 118 valence electrons. The quantitative estimate of drug-likeness (QED) is 0.802. The number of benzene rings is 1. The molecule has 0 aromatic heterocycles. The van der Waals surface area contributed by atoms with E-state index in [9.17, 15) is 18.0 Å². The minimum absolute atomic E-state index is 0.239. The third-order valence-corrected chi connectivity index (χ3v) is 2.48. The number of nitrogens with one attached hydrogen (secondary N) is 1. The number of hydrogen-bond donors (Lipinski definition) is 1. The summed E-state index contributed by atoms with van der Waals surface area (Å²) in [5.41, 5.74) is 1.86. The lowest BCUT2D eigenvalue weighted by atomic mass is 10.1. The van der Waals surface area contributed by atoms with Crippen LogP contribution in [-0.2, 0) is 27.4 Å². The van der Waals surface area contributed by atoms with Crippen LogP contribution in [-0.4, -0.2) is 31.9 Å². The summed E-state index contributed by atoms with van der Waals surface area (Å²) >= 11 is 0. The van der Waals surface area contributed by atoms with Crippen LogP contribution in [0.5, 0.6) is 0 Å². The van der Waals surface area contributed by atoms with Crippen LogP contribution < -0.4 is 5.32 Å². The first-order chi connectivity index (χ1) is 9.90. The van der Waals surface area contributed by atoms with Gasteiger partial charge in [0.05, 0.1) is 6.61 Å². The Hall–Kier alpha value is -1.60. The molecule has 1 rings (SSSR count). The number of hydrogen-bond acceptors (Lipinski definition) is 3. The van der Waals surface area contributed by atoms with E-state index in [2.05, 4.69) is 10.1 Å². The Labute approximate surface area is 121 Å². The van der Waals surface area contributed by atoms with Crippen LogP contribution in [0.1, 0.15) is 18.1 Å². The molecule has 0 aliphatic heterocycles. The van der Waals surface area contributed by atoms with Gasteiger partial charge >= 0.3 is 6.18 Å². The molecule has 1 aromatic carbocycles. The van der Waals surface area contributed by atoms with Crippen molar-refractivity contribution >= 4 is 5.91 Å². The van der Waals surface area contributed by atoms with Crippen LogP contribution >= 0.6 is 0 Å². The van der Waals surface area contributed by atoms with Crippen molar-refractivity contribution in [3.05, 3.63) is 35.4 Å². The first-order valence-corrected chi connectivity index (χ1v) is 6.47. The number of amides is 1. The van der Waals surface area contributed by atoms with Crippen molar-refractivity contribution in [3.63, 3.8) is 0 Å². The fraction of sp³-hybridized carbons (Fsp3) is 0.500. The van der Waals surface area contributed by atoms with Gasteiger partial charge in [0.1, 0.15) is 13.2 Å². The minimum atomic E-state index is -4.42. The summed E-state index contributed by atoms with van der Waals surface area (Å²) in [5, 5.41) is 2.49. The molecule has 0 aliphatic carbocycles. The molecule has 0 radical (unpaired) electrons. The van der Waals surface area contributed by atoms with Gasteiger partial charge in [0.15, 0.2) is 0 Å². The zero-order valence-electron chi connectivity index (χ0n) is 11.7. The number of halogens is 3. The van der Waals surface area contributed by atoms with Gasteiger partial charge in [-0.25, -0.2) is 0 Å². The van der Waals surface area contributed by atoms with Crippen LogP contribution in [0.15, 0.2) is 24.3 Å². The van der Waals surface area contributed by atoms with E-state index >= 15 is 0 Å². The van der Waals surface area contributed by atoms with Gasteiger partial charge < -0.3 is 14.8 Å². The molecule has 0 atom stereocenters. The van der Waals surface area contributed by atoms with Crippen molar-refractivity contribution in [1.29, 1.82) is 0 Å². The maximum Gasteiger partial charge on any atom is 0.411 e. The average molecular weight is 305 g/mol. The normalized spacial score (nSPS) is 11.4. The number of carbonyl (C=O) groups is 1. The molecule has 7 heteroatoms. The molecule has 0 saturated heterocycles. The Balaban J connectivity index is 2.26. The molecule has 0 fully saturated rings. The second kappa shape index (κ2) is 8.63. The number of alkyl halides is 3. The smallest absolute Gasteiger partial charge is 0.377 e. The lowest BCUT2D eigenvalue weighted by molar-refractivity contribution is -0.175. The van der Waals surface area contributed by atoms with E-state index < -0.39 is 25.3 Å². The van der Waals surface area contributed by atoms with Crippen molar-refractivity contribution in [2.75, 3.05) is 19.8 Å². The van der Waals surface area contributed by atoms with E-state index in [0.717, 1.165) is 11.1 Å². The van der Waals surface area contributed by atoms with Crippen LogP contribution in [0, 0.1) is 0 Å². The first-order valence-electron chi connectivity index (χ1n) is 6.47. The van der Waals surface area contributed by atoms with Crippen LogP contribution in [0.2, 0.25) is 0 Å². The van der Waals surface area contributed by atoms with Crippen LogP contribution in [0.4, 0.5) is 13.2 Å². The van der Waals surface area contributed by atoms with Gasteiger partial charge in [-0.1, -0.05) is 24.3 Å². The fourth-order valence-electron chi connectivity index (χ4n) is 1.48. The Kier molecular flexibility index (Phi) is 7.18. The second-order valence-electron chi connectivity index (χ2n) is 4.34. The molecule has 21 heavy (non-hydrogen) atoms. The molecule has 0 bridgehead atoms. The first kappa shape index (κ1) is 17.5. The molecule has 4 nitrogen and oxygen atoms in total. The molecule has 0 unspecified atom stereocenters. The monoisotopic (exact) mass is 305 g/mol. The summed E-state index contributed by atoms with van der Waals surface area (Å²) in [6.45, 7) is 1.27. The van der Waals surface area contributed by atoms with Gasteiger partial charge in [0.2, 0.25) is 5.91 Å². The summed E-state index contributed by atoms with van der Waals surface area (Å²) in [5.74, 6) is -0.586. The van der Waals surface area contributed by atoms with Crippen molar-refractivity contribution < 1.29 is 27.4 Å². The molecule has 0 heterocycles. The average Bonchev–Trinajstić information content (AvgIpc) is 2.42. The molecule has 1 aromatic rings. The SMILES string of the molecule is CCOCc1ccc(CNC(=O)COCC(F)(F)F)cc1. The van der Waals surface area contributed by atoms with Gasteiger partial charge in [-0.2, -0.15) is 13.2 Å². The zero-order chi connectivity index (χ0) is 15.7.